The van der Waals surface area contributed by atoms with E-state index >= 15 is 0 Å². The van der Waals surface area contributed by atoms with Gasteiger partial charge in [0.05, 0.1) is 6.04 Å². The second kappa shape index (κ2) is 7.26. The van der Waals surface area contributed by atoms with Crippen LogP contribution in [0, 0.1) is 6.92 Å². The standard InChI is InChI=1S/C17H21F3N4O/c1-11-5-7-12(8-6-11)14(23(2)3)10-21-16(25)13-9-15(17(18,19)20)22-24(13)4/h5-9,14H,10H2,1-4H3,(H,21,25). The molecule has 0 saturated carbocycles. The number of hydrogen-bond donors (Lipinski definition) is 1. The molecule has 1 atom stereocenters. The van der Waals surface area contributed by atoms with Crippen molar-refractivity contribution in [3.05, 3.63) is 52.8 Å². The molecule has 0 bridgehead atoms. The van der Waals surface area contributed by atoms with Crippen molar-refractivity contribution in [1.29, 1.82) is 0 Å². The smallest absolute Gasteiger partial charge is 0.349 e. The molecule has 0 aliphatic rings. The van der Waals surface area contributed by atoms with Crippen LogP contribution >= 0.6 is 0 Å². The van der Waals surface area contributed by atoms with E-state index in [2.05, 4.69) is 10.4 Å². The monoisotopic (exact) mass is 354 g/mol. The summed E-state index contributed by atoms with van der Waals surface area (Å²) in [4.78, 5) is 14.2. The highest BCUT2D eigenvalue weighted by Gasteiger charge is 2.35. The highest BCUT2D eigenvalue weighted by Crippen LogP contribution is 2.28. The molecule has 8 heteroatoms. The fourth-order valence-corrected chi connectivity index (χ4v) is 2.49. The Balaban J connectivity index is 2.12. The third-order valence-electron chi connectivity index (χ3n) is 3.94. The van der Waals surface area contributed by atoms with Crippen LogP contribution < -0.4 is 5.32 Å². The van der Waals surface area contributed by atoms with Gasteiger partial charge in [-0.15, -0.1) is 0 Å². The first-order chi connectivity index (χ1) is 11.6. The number of alkyl halides is 3. The molecule has 1 aromatic heterocycles. The van der Waals surface area contributed by atoms with Gasteiger partial charge in [-0.05, 0) is 26.6 Å². The predicted molar refractivity (Wildman–Crippen MR) is 88.2 cm³/mol. The summed E-state index contributed by atoms with van der Waals surface area (Å²) in [6, 6.07) is 8.55. The van der Waals surface area contributed by atoms with Crippen LogP contribution in [-0.2, 0) is 13.2 Å². The van der Waals surface area contributed by atoms with Crippen LogP contribution in [0.15, 0.2) is 30.3 Å². The minimum Gasteiger partial charge on any atom is -0.349 e. The average Bonchev–Trinajstić information content (AvgIpc) is 2.91. The van der Waals surface area contributed by atoms with E-state index in [9.17, 15) is 18.0 Å². The van der Waals surface area contributed by atoms with E-state index in [1.165, 1.54) is 7.05 Å². The molecule has 0 aliphatic heterocycles. The van der Waals surface area contributed by atoms with E-state index in [0.29, 0.717) is 0 Å². The Kier molecular flexibility index (Phi) is 5.52. The van der Waals surface area contributed by atoms with Gasteiger partial charge in [0.15, 0.2) is 5.69 Å². The lowest BCUT2D eigenvalue weighted by Gasteiger charge is -2.25. The van der Waals surface area contributed by atoms with E-state index in [4.69, 9.17) is 0 Å². The van der Waals surface area contributed by atoms with E-state index < -0.39 is 17.8 Å². The zero-order chi connectivity index (χ0) is 18.8. The van der Waals surface area contributed by atoms with Crippen molar-refractivity contribution < 1.29 is 18.0 Å². The van der Waals surface area contributed by atoms with Gasteiger partial charge in [-0.1, -0.05) is 29.8 Å². The number of aryl methyl sites for hydroxylation is 2. The number of aromatic nitrogens is 2. The maximum Gasteiger partial charge on any atom is 0.435 e. The van der Waals surface area contributed by atoms with Crippen molar-refractivity contribution in [2.45, 2.75) is 19.1 Å². The van der Waals surface area contributed by atoms with E-state index in [-0.39, 0.29) is 18.3 Å². The minimum absolute atomic E-state index is 0.0973. The molecule has 1 unspecified atom stereocenters. The normalized spacial score (nSPS) is 13.1. The number of likely N-dealkylation sites (N-methyl/N-ethyl adjacent to an activating group) is 1. The molecule has 5 nitrogen and oxygen atoms in total. The Labute approximate surface area is 144 Å². The summed E-state index contributed by atoms with van der Waals surface area (Å²) in [5.41, 5.74) is 0.924. The van der Waals surface area contributed by atoms with Crippen molar-refractivity contribution in [1.82, 2.24) is 20.0 Å². The lowest BCUT2D eigenvalue weighted by Crippen LogP contribution is -2.35. The zero-order valence-electron chi connectivity index (χ0n) is 14.6. The molecule has 1 amide bonds. The number of rotatable bonds is 5. The lowest BCUT2D eigenvalue weighted by atomic mass is 10.0. The second-order valence-electron chi connectivity index (χ2n) is 6.14. The van der Waals surface area contributed by atoms with E-state index in [1.54, 1.807) is 0 Å². The first-order valence-corrected chi connectivity index (χ1v) is 7.72. The van der Waals surface area contributed by atoms with Gasteiger partial charge in [-0.2, -0.15) is 18.3 Å². The SMILES string of the molecule is Cc1ccc(C(CNC(=O)c2cc(C(F)(F)F)nn2C)N(C)C)cc1. The number of halogens is 3. The average molecular weight is 354 g/mol. The number of nitrogens with one attached hydrogen (secondary N) is 1. The Hall–Kier alpha value is -2.35. The molecule has 1 N–H and O–H groups in total. The summed E-state index contributed by atoms with van der Waals surface area (Å²) in [7, 11) is 5.07. The topological polar surface area (TPSA) is 50.2 Å². The molecule has 0 fully saturated rings. The maximum absolute atomic E-state index is 12.7. The Morgan fingerprint density at radius 2 is 1.88 bits per heavy atom. The molecule has 136 valence electrons. The highest BCUT2D eigenvalue weighted by atomic mass is 19.4. The van der Waals surface area contributed by atoms with Gasteiger partial charge < -0.3 is 10.2 Å². The number of nitrogens with zero attached hydrogens (tertiary/aromatic N) is 3. The molecule has 0 spiro atoms. The van der Waals surface area contributed by atoms with Gasteiger partial charge in [0.2, 0.25) is 0 Å². The van der Waals surface area contributed by atoms with Crippen molar-refractivity contribution in [3.8, 4) is 0 Å². The molecular weight excluding hydrogens is 333 g/mol. The molecule has 25 heavy (non-hydrogen) atoms. The van der Waals surface area contributed by atoms with Crippen LogP contribution in [0.3, 0.4) is 0 Å². The maximum atomic E-state index is 12.7. The van der Waals surface area contributed by atoms with E-state index in [1.807, 2.05) is 50.2 Å². The molecule has 2 rings (SSSR count). The molecule has 0 aliphatic carbocycles. The van der Waals surface area contributed by atoms with Gasteiger partial charge in [0, 0.05) is 19.7 Å². The zero-order valence-corrected chi connectivity index (χ0v) is 14.6. The van der Waals surface area contributed by atoms with Crippen molar-refractivity contribution in [3.63, 3.8) is 0 Å². The first kappa shape index (κ1) is 19.0. The van der Waals surface area contributed by atoms with Gasteiger partial charge >= 0.3 is 6.18 Å². The molecule has 1 aromatic carbocycles. The quantitative estimate of drug-likeness (QED) is 0.898. The molecule has 2 aromatic rings. The van der Waals surface area contributed by atoms with Crippen LogP contribution in [0.25, 0.3) is 0 Å². The largest absolute Gasteiger partial charge is 0.435 e. The van der Waals surface area contributed by atoms with Crippen molar-refractivity contribution >= 4 is 5.91 Å². The molecular formula is C17H21F3N4O. The Bertz CT molecular complexity index is 735. The van der Waals surface area contributed by atoms with E-state index in [0.717, 1.165) is 21.9 Å². The van der Waals surface area contributed by atoms with Gasteiger partial charge in [-0.25, -0.2) is 0 Å². The molecule has 1 heterocycles. The van der Waals surface area contributed by atoms with Gasteiger partial charge in [0.1, 0.15) is 5.69 Å². The van der Waals surface area contributed by atoms with Crippen molar-refractivity contribution in [2.24, 2.45) is 7.05 Å². The van der Waals surface area contributed by atoms with Crippen molar-refractivity contribution in [2.75, 3.05) is 20.6 Å². The number of hydrogen-bond acceptors (Lipinski definition) is 3. The lowest BCUT2D eigenvalue weighted by molar-refractivity contribution is -0.141. The molecule has 0 saturated heterocycles. The third-order valence-corrected chi connectivity index (χ3v) is 3.94. The summed E-state index contributed by atoms with van der Waals surface area (Å²) in [6.45, 7) is 2.25. The highest BCUT2D eigenvalue weighted by molar-refractivity contribution is 5.92. The number of amides is 1. The summed E-state index contributed by atoms with van der Waals surface area (Å²) in [5.74, 6) is -0.593. The number of benzene rings is 1. The Morgan fingerprint density at radius 3 is 2.36 bits per heavy atom. The minimum atomic E-state index is -4.58. The van der Waals surface area contributed by atoms with Gasteiger partial charge in [0.25, 0.3) is 5.91 Å². The van der Waals surface area contributed by atoms with Crippen LogP contribution in [0.1, 0.15) is 33.4 Å². The predicted octanol–water partition coefficient (Wildman–Crippen LogP) is 2.78. The third kappa shape index (κ3) is 4.60. The Morgan fingerprint density at radius 1 is 1.28 bits per heavy atom. The number of carbonyl (C=O) groups excluding carboxylic acids is 1. The summed E-state index contributed by atoms with van der Waals surface area (Å²) in [5, 5.41) is 6.04. The van der Waals surface area contributed by atoms with Gasteiger partial charge in [-0.3, -0.25) is 9.48 Å². The van der Waals surface area contributed by atoms with Crippen LogP contribution in [0.4, 0.5) is 13.2 Å². The summed E-state index contributed by atoms with van der Waals surface area (Å²) < 4.78 is 39.1. The molecule has 0 radical (unpaired) electrons. The fraction of sp³-hybridized carbons (Fsp3) is 0.412. The summed E-state index contributed by atoms with van der Waals surface area (Å²) in [6.07, 6.45) is -4.58. The van der Waals surface area contributed by atoms with Crippen LogP contribution in [0.5, 0.6) is 0 Å². The van der Waals surface area contributed by atoms with Crippen LogP contribution in [0.2, 0.25) is 0 Å². The number of carbonyl (C=O) groups is 1. The summed E-state index contributed by atoms with van der Waals surface area (Å²) >= 11 is 0. The fourth-order valence-electron chi connectivity index (χ4n) is 2.49. The second-order valence-corrected chi connectivity index (χ2v) is 6.14. The van der Waals surface area contributed by atoms with Crippen LogP contribution in [-0.4, -0.2) is 41.2 Å². The first-order valence-electron chi connectivity index (χ1n) is 7.72.